The first-order valence-corrected chi connectivity index (χ1v) is 13.8. The maximum atomic E-state index is 13.8. The number of benzene rings is 1. The van der Waals surface area contributed by atoms with Crippen molar-refractivity contribution in [2.24, 2.45) is 5.92 Å². The Bertz CT molecular complexity index is 1190. The van der Waals surface area contributed by atoms with Gasteiger partial charge in [0.15, 0.2) is 17.5 Å². The van der Waals surface area contributed by atoms with E-state index in [2.05, 4.69) is 10.3 Å². The van der Waals surface area contributed by atoms with Crippen LogP contribution in [0.4, 0.5) is 13.2 Å². The predicted molar refractivity (Wildman–Crippen MR) is 133 cm³/mol. The van der Waals surface area contributed by atoms with Crippen LogP contribution < -0.4 is 0 Å². The van der Waals surface area contributed by atoms with Crippen LogP contribution in [0, 0.1) is 23.4 Å². The van der Waals surface area contributed by atoms with Gasteiger partial charge in [-0.15, -0.1) is 16.9 Å². The fourth-order valence-electron chi connectivity index (χ4n) is 5.08. The van der Waals surface area contributed by atoms with Crippen molar-refractivity contribution in [1.29, 1.82) is 0 Å². The molecular weight excluding hydrogens is 541 g/mol. The first kappa shape index (κ1) is 28.3. The van der Waals surface area contributed by atoms with Crippen LogP contribution in [0.15, 0.2) is 18.3 Å². The fourth-order valence-corrected chi connectivity index (χ4v) is 6.66. The summed E-state index contributed by atoms with van der Waals surface area (Å²) in [5.74, 6) is -4.33. The molecule has 3 aliphatic rings. The molecule has 2 aliphatic carbocycles. The number of carbonyl (C=O) groups excluding carboxylic acids is 1. The third kappa shape index (κ3) is 5.55. The van der Waals surface area contributed by atoms with Crippen LogP contribution in [-0.4, -0.2) is 101 Å². The quantitative estimate of drug-likeness (QED) is 0.327. The van der Waals surface area contributed by atoms with Crippen LogP contribution in [0.1, 0.15) is 38.1 Å². The summed E-state index contributed by atoms with van der Waals surface area (Å²) in [6.45, 7) is -0.0607. The van der Waals surface area contributed by atoms with Gasteiger partial charge in [0.05, 0.1) is 18.4 Å². The molecule has 0 unspecified atom stereocenters. The molecule has 2 aromatic rings. The monoisotopic (exact) mass is 572 g/mol. The molecule has 3 fully saturated rings. The predicted octanol–water partition coefficient (Wildman–Crippen LogP) is 1.23. The van der Waals surface area contributed by atoms with Crippen LogP contribution in [0.25, 0.3) is 11.3 Å². The first-order chi connectivity index (χ1) is 18.5. The Morgan fingerprint density at radius 1 is 1.23 bits per heavy atom. The van der Waals surface area contributed by atoms with Crippen molar-refractivity contribution in [3.8, 4) is 11.3 Å². The zero-order valence-electron chi connectivity index (χ0n) is 21.2. The highest BCUT2D eigenvalue weighted by Gasteiger charge is 2.53. The minimum absolute atomic E-state index is 0.0537. The molecule has 5 rings (SSSR count). The molecule has 1 aromatic carbocycles. The number of aromatic nitrogens is 3. The van der Waals surface area contributed by atoms with Gasteiger partial charge in [-0.1, -0.05) is 5.21 Å². The number of aliphatic hydroxyl groups excluding tert-OH is 3. The Morgan fingerprint density at radius 2 is 1.90 bits per heavy atom. The average Bonchev–Trinajstić information content (AvgIpc) is 3.57. The minimum Gasteiger partial charge on any atom is -0.394 e. The van der Waals surface area contributed by atoms with Crippen molar-refractivity contribution >= 4 is 17.7 Å². The molecule has 1 aromatic heterocycles. The molecule has 214 valence electrons. The van der Waals surface area contributed by atoms with Crippen molar-refractivity contribution in [3.63, 3.8) is 0 Å². The van der Waals surface area contributed by atoms with E-state index in [-0.39, 0.29) is 17.2 Å². The summed E-state index contributed by atoms with van der Waals surface area (Å²) in [4.78, 5) is 15.0. The van der Waals surface area contributed by atoms with E-state index in [1.165, 1.54) is 6.20 Å². The fraction of sp³-hybridized carbons (Fsp3) is 0.640. The van der Waals surface area contributed by atoms with E-state index in [0.29, 0.717) is 25.3 Å². The highest BCUT2D eigenvalue weighted by molar-refractivity contribution is 8.01. The molecule has 1 amide bonds. The van der Waals surface area contributed by atoms with E-state index in [1.54, 1.807) is 11.9 Å². The number of amides is 1. The Balaban J connectivity index is 1.40. The van der Waals surface area contributed by atoms with Crippen molar-refractivity contribution in [2.45, 2.75) is 72.7 Å². The molecule has 4 N–H and O–H groups in total. The molecule has 39 heavy (non-hydrogen) atoms. The number of rotatable bonds is 9. The first-order valence-electron chi connectivity index (χ1n) is 12.8. The van der Waals surface area contributed by atoms with Crippen LogP contribution in [0.3, 0.4) is 0 Å². The number of ether oxygens (including phenoxy) is 1. The van der Waals surface area contributed by atoms with Crippen LogP contribution >= 0.6 is 11.8 Å². The average molecular weight is 573 g/mol. The molecular formula is C25H31F3N4O6S. The topological polar surface area (TPSA) is 141 Å². The summed E-state index contributed by atoms with van der Waals surface area (Å²) in [5.41, 5.74) is -2.62. The second-order valence-corrected chi connectivity index (χ2v) is 11.9. The molecule has 1 saturated heterocycles. The zero-order valence-corrected chi connectivity index (χ0v) is 22.0. The number of carbonyl (C=O) groups is 1. The number of hydrogen-bond acceptors (Lipinski definition) is 9. The van der Waals surface area contributed by atoms with Crippen LogP contribution in [0.2, 0.25) is 0 Å². The lowest BCUT2D eigenvalue weighted by atomic mass is 9.77. The highest BCUT2D eigenvalue weighted by Crippen LogP contribution is 2.46. The Hall–Kier alpha value is -2.23. The minimum atomic E-state index is -1.63. The number of nitrogens with zero attached hydrogens (tertiary/aromatic N) is 4. The summed E-state index contributed by atoms with van der Waals surface area (Å²) < 4.78 is 47.8. The molecule has 2 heterocycles. The second-order valence-electron chi connectivity index (χ2n) is 10.7. The molecule has 0 bridgehead atoms. The summed E-state index contributed by atoms with van der Waals surface area (Å²) in [5, 5.41) is 50.1. The summed E-state index contributed by atoms with van der Waals surface area (Å²) in [7, 11) is 1.68. The summed E-state index contributed by atoms with van der Waals surface area (Å²) >= 11 is 0.931. The van der Waals surface area contributed by atoms with Gasteiger partial charge >= 0.3 is 0 Å². The van der Waals surface area contributed by atoms with Gasteiger partial charge in [-0.2, -0.15) is 0 Å². The van der Waals surface area contributed by atoms with Gasteiger partial charge in [-0.3, -0.25) is 4.79 Å². The molecule has 0 spiro atoms. The molecule has 10 nitrogen and oxygen atoms in total. The van der Waals surface area contributed by atoms with Gasteiger partial charge < -0.3 is 30.1 Å². The summed E-state index contributed by atoms with van der Waals surface area (Å²) in [6, 6.07) is 0.250. The SMILES string of the molecule is CN(CC1CC1)C(=O)[C@H](S[C@@H]1O[C@H](CO)[C@H](O)[C@H](n2cc(-c3cc(F)c(F)c(F)c3)nn2)[C@H]1O)C1(O)CCC1. The third-order valence-corrected chi connectivity index (χ3v) is 9.32. The van der Waals surface area contributed by atoms with Crippen LogP contribution in [-0.2, 0) is 9.53 Å². The van der Waals surface area contributed by atoms with Crippen molar-refractivity contribution < 1.29 is 43.1 Å². The maximum absolute atomic E-state index is 13.8. The smallest absolute Gasteiger partial charge is 0.238 e. The van der Waals surface area contributed by atoms with E-state index in [0.717, 1.165) is 47.8 Å². The van der Waals surface area contributed by atoms with E-state index in [9.17, 15) is 38.4 Å². The second kappa shape index (κ2) is 11.0. The highest BCUT2D eigenvalue weighted by atomic mass is 32.2. The maximum Gasteiger partial charge on any atom is 0.238 e. The molecule has 6 atom stereocenters. The Kier molecular flexibility index (Phi) is 7.97. The van der Waals surface area contributed by atoms with Gasteiger partial charge in [0.25, 0.3) is 0 Å². The Morgan fingerprint density at radius 3 is 2.46 bits per heavy atom. The van der Waals surface area contributed by atoms with E-state index < -0.39 is 64.7 Å². The van der Waals surface area contributed by atoms with Crippen molar-refractivity contribution in [2.75, 3.05) is 20.2 Å². The van der Waals surface area contributed by atoms with Gasteiger partial charge in [0.1, 0.15) is 40.7 Å². The van der Waals surface area contributed by atoms with Gasteiger partial charge in [0.2, 0.25) is 5.91 Å². The van der Waals surface area contributed by atoms with E-state index in [4.69, 9.17) is 4.74 Å². The number of halogens is 3. The summed E-state index contributed by atoms with van der Waals surface area (Å²) in [6.07, 6.45) is 0.711. The van der Waals surface area contributed by atoms with E-state index >= 15 is 0 Å². The lowest BCUT2D eigenvalue weighted by Gasteiger charge is -2.47. The van der Waals surface area contributed by atoms with Crippen LogP contribution in [0.5, 0.6) is 0 Å². The van der Waals surface area contributed by atoms with Gasteiger partial charge in [0, 0.05) is 19.2 Å². The van der Waals surface area contributed by atoms with Gasteiger partial charge in [-0.05, 0) is 50.2 Å². The molecule has 14 heteroatoms. The lowest BCUT2D eigenvalue weighted by molar-refractivity contribution is -0.179. The molecule has 2 saturated carbocycles. The van der Waals surface area contributed by atoms with Crippen molar-refractivity contribution in [3.05, 3.63) is 35.8 Å². The molecule has 0 radical (unpaired) electrons. The normalized spacial score (nSPS) is 29.1. The third-order valence-electron chi connectivity index (χ3n) is 7.75. The molecule has 1 aliphatic heterocycles. The number of thioether (sulfide) groups is 1. The van der Waals surface area contributed by atoms with Gasteiger partial charge in [-0.25, -0.2) is 17.9 Å². The van der Waals surface area contributed by atoms with E-state index in [1.807, 2.05) is 0 Å². The van der Waals surface area contributed by atoms with Crippen molar-refractivity contribution in [1.82, 2.24) is 19.9 Å². The lowest BCUT2D eigenvalue weighted by Crippen LogP contribution is -2.59. The number of hydrogen-bond donors (Lipinski definition) is 4. The number of aliphatic hydroxyl groups is 4. The Labute approximate surface area is 226 Å². The zero-order chi connectivity index (χ0) is 28.1. The standard InChI is InChI=1S/C25H31F3N4O6S/c1-31(9-12-3-4-12)23(36)22(25(37)5-2-6-25)39-24-21(35)19(20(34)17(11-33)38-24)32-10-16(29-30-32)13-7-14(26)18(28)15(27)8-13/h7-8,10,12,17,19-22,24,33-35,37H,2-6,9,11H2,1H3/t17-,19+,20+,21-,22+,24+/m1/s1. The largest absolute Gasteiger partial charge is 0.394 e.